The van der Waals surface area contributed by atoms with Crippen molar-refractivity contribution in [1.29, 1.82) is 0 Å². The van der Waals surface area contributed by atoms with Crippen LogP contribution >= 0.6 is 0 Å². The highest BCUT2D eigenvalue weighted by Crippen LogP contribution is 2.09. The monoisotopic (exact) mass is 312 g/mol. The molecule has 2 heterocycles. The van der Waals surface area contributed by atoms with Crippen molar-refractivity contribution in [1.82, 2.24) is 31.1 Å². The first-order valence-corrected chi connectivity index (χ1v) is 6.63. The Kier molecular flexibility index (Phi) is 3.83. The van der Waals surface area contributed by atoms with Gasteiger partial charge in [-0.3, -0.25) is 20.4 Å². The molecule has 2 N–H and O–H groups in total. The predicted molar refractivity (Wildman–Crippen MR) is 77.5 cm³/mol. The molecule has 3 rings (SSSR count). The SMILES string of the molecule is Cc1ccoc1C(=O)NNC(=O)c1ccc(-n2cnnn2)cc1. The van der Waals surface area contributed by atoms with E-state index in [1.165, 1.54) is 17.3 Å². The molecule has 2 amide bonds. The molecule has 0 saturated heterocycles. The van der Waals surface area contributed by atoms with Crippen molar-refractivity contribution in [3.05, 3.63) is 59.8 Å². The maximum absolute atomic E-state index is 12.0. The Morgan fingerprint density at radius 2 is 1.83 bits per heavy atom. The second-order valence-electron chi connectivity index (χ2n) is 4.64. The van der Waals surface area contributed by atoms with E-state index in [4.69, 9.17) is 4.42 Å². The molecule has 0 aliphatic carbocycles. The van der Waals surface area contributed by atoms with E-state index in [0.717, 1.165) is 0 Å². The number of furan rings is 1. The Bertz CT molecular complexity index is 823. The van der Waals surface area contributed by atoms with Gasteiger partial charge in [-0.25, -0.2) is 4.68 Å². The van der Waals surface area contributed by atoms with Gasteiger partial charge >= 0.3 is 5.91 Å². The van der Waals surface area contributed by atoms with Crippen LogP contribution in [0.2, 0.25) is 0 Å². The first-order valence-electron chi connectivity index (χ1n) is 6.63. The number of nitrogens with one attached hydrogen (secondary N) is 2. The molecular weight excluding hydrogens is 300 g/mol. The van der Waals surface area contributed by atoms with E-state index in [2.05, 4.69) is 26.4 Å². The molecule has 9 heteroatoms. The summed E-state index contributed by atoms with van der Waals surface area (Å²) in [5.41, 5.74) is 6.39. The average molecular weight is 312 g/mol. The molecule has 0 saturated carbocycles. The van der Waals surface area contributed by atoms with Crippen molar-refractivity contribution in [3.8, 4) is 5.69 Å². The Morgan fingerprint density at radius 3 is 2.43 bits per heavy atom. The van der Waals surface area contributed by atoms with Crippen LogP contribution in [0.1, 0.15) is 26.5 Å². The molecular formula is C14H12N6O3. The number of hydrogen-bond acceptors (Lipinski definition) is 6. The number of amides is 2. The van der Waals surface area contributed by atoms with Gasteiger partial charge in [-0.05, 0) is 47.7 Å². The van der Waals surface area contributed by atoms with Gasteiger partial charge in [0.05, 0.1) is 12.0 Å². The highest BCUT2D eigenvalue weighted by molar-refractivity contribution is 5.98. The molecule has 3 aromatic rings. The molecule has 0 spiro atoms. The zero-order valence-corrected chi connectivity index (χ0v) is 12.1. The lowest BCUT2D eigenvalue weighted by Gasteiger charge is -2.07. The fraction of sp³-hybridized carbons (Fsp3) is 0.0714. The van der Waals surface area contributed by atoms with Crippen LogP contribution < -0.4 is 10.9 Å². The van der Waals surface area contributed by atoms with Crippen LogP contribution in [0.25, 0.3) is 5.69 Å². The van der Waals surface area contributed by atoms with Crippen LogP contribution in [0.5, 0.6) is 0 Å². The summed E-state index contributed by atoms with van der Waals surface area (Å²) < 4.78 is 6.50. The van der Waals surface area contributed by atoms with Crippen LogP contribution in [0.15, 0.2) is 47.3 Å². The van der Waals surface area contributed by atoms with Gasteiger partial charge in [0.2, 0.25) is 0 Å². The van der Waals surface area contributed by atoms with Crippen molar-refractivity contribution in [2.75, 3.05) is 0 Å². The van der Waals surface area contributed by atoms with Gasteiger partial charge in [0.1, 0.15) is 6.33 Å². The van der Waals surface area contributed by atoms with Crippen LogP contribution in [0, 0.1) is 6.92 Å². The third kappa shape index (κ3) is 3.07. The molecule has 0 unspecified atom stereocenters. The van der Waals surface area contributed by atoms with Gasteiger partial charge in [-0.2, -0.15) is 0 Å². The van der Waals surface area contributed by atoms with Crippen molar-refractivity contribution in [2.24, 2.45) is 0 Å². The first kappa shape index (κ1) is 14.4. The van der Waals surface area contributed by atoms with E-state index in [9.17, 15) is 9.59 Å². The molecule has 0 radical (unpaired) electrons. The lowest BCUT2D eigenvalue weighted by atomic mass is 10.2. The second kappa shape index (κ2) is 6.10. The normalized spacial score (nSPS) is 10.3. The highest BCUT2D eigenvalue weighted by atomic mass is 16.3. The van der Waals surface area contributed by atoms with E-state index < -0.39 is 11.8 Å². The molecule has 9 nitrogen and oxygen atoms in total. The largest absolute Gasteiger partial charge is 0.459 e. The molecule has 23 heavy (non-hydrogen) atoms. The van der Waals surface area contributed by atoms with Crippen molar-refractivity contribution in [2.45, 2.75) is 6.92 Å². The van der Waals surface area contributed by atoms with Crippen LogP contribution in [0.4, 0.5) is 0 Å². The minimum atomic E-state index is -0.522. The minimum absolute atomic E-state index is 0.152. The Balaban J connectivity index is 1.62. The van der Waals surface area contributed by atoms with E-state index in [0.29, 0.717) is 16.8 Å². The average Bonchev–Trinajstić information content (AvgIpc) is 3.24. The number of carbonyl (C=O) groups is 2. The van der Waals surface area contributed by atoms with Crippen LogP contribution in [-0.2, 0) is 0 Å². The summed E-state index contributed by atoms with van der Waals surface area (Å²) in [4.78, 5) is 23.8. The maximum atomic E-state index is 12.0. The number of tetrazole rings is 1. The van der Waals surface area contributed by atoms with E-state index in [1.54, 1.807) is 37.3 Å². The molecule has 0 fully saturated rings. The van der Waals surface area contributed by atoms with Crippen molar-refractivity contribution >= 4 is 11.8 Å². The number of carbonyl (C=O) groups excluding carboxylic acids is 2. The van der Waals surface area contributed by atoms with Crippen LogP contribution in [0.3, 0.4) is 0 Å². The molecule has 1 aromatic carbocycles. The Hall–Kier alpha value is -3.49. The number of rotatable bonds is 3. The topological polar surface area (TPSA) is 115 Å². The van der Waals surface area contributed by atoms with Crippen LogP contribution in [-0.4, -0.2) is 32.0 Å². The Labute approximate surface area is 130 Å². The molecule has 2 aromatic heterocycles. The molecule has 116 valence electrons. The number of hydrogen-bond donors (Lipinski definition) is 2. The van der Waals surface area contributed by atoms with Gasteiger partial charge in [-0.1, -0.05) is 0 Å². The first-order chi connectivity index (χ1) is 11.1. The molecule has 0 bridgehead atoms. The summed E-state index contributed by atoms with van der Waals surface area (Å²) in [5, 5.41) is 10.8. The maximum Gasteiger partial charge on any atom is 0.305 e. The lowest BCUT2D eigenvalue weighted by molar-refractivity contribution is 0.0830. The molecule has 0 aliphatic heterocycles. The van der Waals surface area contributed by atoms with Gasteiger partial charge in [0, 0.05) is 11.1 Å². The summed E-state index contributed by atoms with van der Waals surface area (Å²) in [6, 6.07) is 8.22. The summed E-state index contributed by atoms with van der Waals surface area (Å²) in [6.07, 6.45) is 2.85. The zero-order valence-electron chi connectivity index (χ0n) is 12.1. The number of nitrogens with zero attached hydrogens (tertiary/aromatic N) is 4. The number of aryl methyl sites for hydroxylation is 1. The quantitative estimate of drug-likeness (QED) is 0.686. The van der Waals surface area contributed by atoms with Crippen molar-refractivity contribution in [3.63, 3.8) is 0 Å². The fourth-order valence-corrected chi connectivity index (χ4v) is 1.89. The third-order valence-corrected chi connectivity index (χ3v) is 3.10. The van der Waals surface area contributed by atoms with E-state index in [-0.39, 0.29) is 5.76 Å². The number of aromatic nitrogens is 4. The number of benzene rings is 1. The van der Waals surface area contributed by atoms with E-state index in [1.807, 2.05) is 0 Å². The third-order valence-electron chi connectivity index (χ3n) is 3.10. The van der Waals surface area contributed by atoms with Gasteiger partial charge < -0.3 is 4.42 Å². The standard InChI is InChI=1S/C14H12N6O3/c1-9-6-7-23-12(9)14(22)17-16-13(21)10-2-4-11(5-3-10)20-8-15-18-19-20/h2-8H,1H3,(H,16,21)(H,17,22). The smallest absolute Gasteiger partial charge is 0.305 e. The summed E-state index contributed by atoms with van der Waals surface area (Å²) in [7, 11) is 0. The predicted octanol–water partition coefficient (Wildman–Crippen LogP) is 0.639. The molecule has 0 aliphatic rings. The fourth-order valence-electron chi connectivity index (χ4n) is 1.89. The Morgan fingerprint density at radius 1 is 1.09 bits per heavy atom. The summed E-state index contributed by atoms with van der Waals surface area (Å²) >= 11 is 0. The minimum Gasteiger partial charge on any atom is -0.459 e. The number of hydrazine groups is 1. The zero-order chi connectivity index (χ0) is 16.2. The highest BCUT2D eigenvalue weighted by Gasteiger charge is 2.14. The molecule has 0 atom stereocenters. The second-order valence-corrected chi connectivity index (χ2v) is 4.64. The van der Waals surface area contributed by atoms with E-state index >= 15 is 0 Å². The van der Waals surface area contributed by atoms with Crippen molar-refractivity contribution < 1.29 is 14.0 Å². The van der Waals surface area contributed by atoms with Gasteiger partial charge in [0.25, 0.3) is 5.91 Å². The van der Waals surface area contributed by atoms with Gasteiger partial charge in [-0.15, -0.1) is 5.10 Å². The van der Waals surface area contributed by atoms with Gasteiger partial charge in [0.15, 0.2) is 5.76 Å². The summed E-state index contributed by atoms with van der Waals surface area (Å²) in [5.74, 6) is -0.823. The lowest BCUT2D eigenvalue weighted by Crippen LogP contribution is -2.41. The summed E-state index contributed by atoms with van der Waals surface area (Å²) in [6.45, 7) is 1.73.